The van der Waals surface area contributed by atoms with Crippen LogP contribution in [0.15, 0.2) is 65.4 Å². The summed E-state index contributed by atoms with van der Waals surface area (Å²) in [4.78, 5) is 7.76. The van der Waals surface area contributed by atoms with Gasteiger partial charge in [-0.15, -0.1) is 0 Å². The molecule has 3 heteroatoms. The fourth-order valence-corrected chi connectivity index (χ4v) is 3.10. The van der Waals surface area contributed by atoms with Crippen LogP contribution >= 0.6 is 15.9 Å². The van der Waals surface area contributed by atoms with Crippen LogP contribution in [0.5, 0.6) is 0 Å². The molecule has 96 valence electrons. The molecule has 4 rings (SSSR count). The first-order valence-corrected chi connectivity index (χ1v) is 7.23. The lowest BCUT2D eigenvalue weighted by molar-refractivity contribution is 1.28. The number of nitrogens with zero attached hydrogens (tertiary/aromatic N) is 1. The summed E-state index contributed by atoms with van der Waals surface area (Å²) in [6, 6.07) is 18.9. The zero-order chi connectivity index (χ0) is 13.5. The van der Waals surface area contributed by atoms with E-state index in [1.165, 1.54) is 16.3 Å². The van der Waals surface area contributed by atoms with E-state index >= 15 is 0 Å². The number of hydrogen-bond acceptors (Lipinski definition) is 1. The minimum Gasteiger partial charge on any atom is -0.354 e. The maximum Gasteiger partial charge on any atom is 0.113 e. The molecule has 1 N–H and O–H groups in total. The Morgan fingerprint density at radius 3 is 2.60 bits per heavy atom. The lowest BCUT2D eigenvalue weighted by Gasteiger charge is -2.03. The van der Waals surface area contributed by atoms with Gasteiger partial charge in [0.25, 0.3) is 0 Å². The van der Waals surface area contributed by atoms with Crippen LogP contribution in [0.3, 0.4) is 0 Å². The Morgan fingerprint density at radius 2 is 1.70 bits per heavy atom. The maximum absolute atomic E-state index is 4.28. The molecule has 0 bridgehead atoms. The van der Waals surface area contributed by atoms with Crippen molar-refractivity contribution in [1.29, 1.82) is 0 Å². The lowest BCUT2D eigenvalue weighted by Crippen LogP contribution is -1.82. The molecule has 0 radical (unpaired) electrons. The molecule has 0 fully saturated rings. The molecule has 4 aromatic rings. The molecule has 0 saturated heterocycles. The van der Waals surface area contributed by atoms with E-state index in [4.69, 9.17) is 0 Å². The SMILES string of the molecule is Brc1ncccc1-c1ccc2c(c1)[nH]c1ccccc12. The number of para-hydroxylation sites is 1. The van der Waals surface area contributed by atoms with E-state index in [-0.39, 0.29) is 0 Å². The molecule has 0 amide bonds. The van der Waals surface area contributed by atoms with E-state index < -0.39 is 0 Å². The number of aromatic nitrogens is 2. The minimum atomic E-state index is 0.871. The molecule has 0 aliphatic carbocycles. The molecule has 0 atom stereocenters. The fraction of sp³-hybridized carbons (Fsp3) is 0. The van der Waals surface area contributed by atoms with Crippen LogP contribution in [0.4, 0.5) is 0 Å². The van der Waals surface area contributed by atoms with Gasteiger partial charge in [0, 0.05) is 33.6 Å². The molecule has 2 heterocycles. The highest BCUT2D eigenvalue weighted by Crippen LogP contribution is 2.31. The Kier molecular flexibility index (Phi) is 2.60. The minimum absolute atomic E-state index is 0.871. The normalized spacial score (nSPS) is 11.2. The number of nitrogens with one attached hydrogen (secondary N) is 1. The number of pyridine rings is 1. The molecular formula is C17H11BrN2. The zero-order valence-electron chi connectivity index (χ0n) is 10.6. The molecule has 0 aliphatic rings. The van der Waals surface area contributed by atoms with Gasteiger partial charge in [-0.2, -0.15) is 0 Å². The second-order valence-corrected chi connectivity index (χ2v) is 5.52. The van der Waals surface area contributed by atoms with Crippen molar-refractivity contribution in [2.24, 2.45) is 0 Å². The lowest BCUT2D eigenvalue weighted by atomic mass is 10.1. The van der Waals surface area contributed by atoms with Gasteiger partial charge in [0.15, 0.2) is 0 Å². The van der Waals surface area contributed by atoms with Crippen molar-refractivity contribution in [3.05, 3.63) is 65.4 Å². The summed E-state index contributed by atoms with van der Waals surface area (Å²) in [6.45, 7) is 0. The third kappa shape index (κ3) is 1.74. The molecule has 0 saturated carbocycles. The molecule has 0 unspecified atom stereocenters. The summed E-state index contributed by atoms with van der Waals surface area (Å²) in [5.74, 6) is 0. The van der Waals surface area contributed by atoms with Crippen LogP contribution in [-0.4, -0.2) is 9.97 Å². The van der Waals surface area contributed by atoms with Crippen molar-refractivity contribution in [1.82, 2.24) is 9.97 Å². The molecule has 2 aromatic heterocycles. The van der Waals surface area contributed by atoms with Crippen molar-refractivity contribution in [2.45, 2.75) is 0 Å². The Balaban J connectivity index is 2.00. The van der Waals surface area contributed by atoms with Gasteiger partial charge in [0.05, 0.1) is 0 Å². The van der Waals surface area contributed by atoms with Crippen molar-refractivity contribution in [3.63, 3.8) is 0 Å². The smallest absolute Gasteiger partial charge is 0.113 e. The fourth-order valence-electron chi connectivity index (χ4n) is 2.62. The largest absolute Gasteiger partial charge is 0.354 e. The average molecular weight is 323 g/mol. The van der Waals surface area contributed by atoms with Gasteiger partial charge in [-0.05, 0) is 39.7 Å². The van der Waals surface area contributed by atoms with Crippen molar-refractivity contribution in [3.8, 4) is 11.1 Å². The van der Waals surface area contributed by atoms with Gasteiger partial charge in [-0.1, -0.05) is 36.4 Å². The van der Waals surface area contributed by atoms with Crippen molar-refractivity contribution in [2.75, 3.05) is 0 Å². The van der Waals surface area contributed by atoms with Crippen LogP contribution in [0.1, 0.15) is 0 Å². The number of aromatic amines is 1. The highest BCUT2D eigenvalue weighted by Gasteiger charge is 2.07. The van der Waals surface area contributed by atoms with Crippen LogP contribution < -0.4 is 0 Å². The Morgan fingerprint density at radius 1 is 0.850 bits per heavy atom. The molecular weight excluding hydrogens is 312 g/mol. The summed E-state index contributed by atoms with van der Waals surface area (Å²) in [7, 11) is 0. The maximum atomic E-state index is 4.28. The quantitative estimate of drug-likeness (QED) is 0.482. The number of fused-ring (bicyclic) bond motifs is 3. The summed E-state index contributed by atoms with van der Waals surface area (Å²) < 4.78 is 0.871. The molecule has 2 aromatic carbocycles. The number of halogens is 1. The summed E-state index contributed by atoms with van der Waals surface area (Å²) in [5, 5.41) is 2.52. The molecule has 2 nitrogen and oxygen atoms in total. The Bertz CT molecular complexity index is 924. The van der Waals surface area contributed by atoms with Gasteiger partial charge in [-0.3, -0.25) is 0 Å². The number of benzene rings is 2. The molecule has 0 spiro atoms. The van der Waals surface area contributed by atoms with E-state index in [2.05, 4.69) is 74.4 Å². The molecule has 0 aliphatic heterocycles. The average Bonchev–Trinajstić information content (AvgIpc) is 2.85. The summed E-state index contributed by atoms with van der Waals surface area (Å²) in [5.41, 5.74) is 4.58. The van der Waals surface area contributed by atoms with Gasteiger partial charge >= 0.3 is 0 Å². The topological polar surface area (TPSA) is 28.7 Å². The molecule has 20 heavy (non-hydrogen) atoms. The highest BCUT2D eigenvalue weighted by molar-refractivity contribution is 9.10. The van der Waals surface area contributed by atoms with Crippen LogP contribution in [0.25, 0.3) is 32.9 Å². The Hall–Kier alpha value is -2.13. The monoisotopic (exact) mass is 322 g/mol. The number of hydrogen-bond donors (Lipinski definition) is 1. The highest BCUT2D eigenvalue weighted by atomic mass is 79.9. The van der Waals surface area contributed by atoms with E-state index in [9.17, 15) is 0 Å². The number of rotatable bonds is 1. The van der Waals surface area contributed by atoms with Crippen LogP contribution in [0, 0.1) is 0 Å². The third-order valence-electron chi connectivity index (χ3n) is 3.58. The van der Waals surface area contributed by atoms with Crippen LogP contribution in [-0.2, 0) is 0 Å². The van der Waals surface area contributed by atoms with E-state index in [0.29, 0.717) is 0 Å². The second-order valence-electron chi connectivity index (χ2n) is 4.77. The Labute approximate surface area is 124 Å². The van der Waals surface area contributed by atoms with E-state index in [0.717, 1.165) is 21.2 Å². The van der Waals surface area contributed by atoms with Crippen molar-refractivity contribution >= 4 is 37.7 Å². The van der Waals surface area contributed by atoms with Gasteiger partial charge in [0.1, 0.15) is 4.60 Å². The predicted octanol–water partition coefficient (Wildman–Crippen LogP) is 5.15. The van der Waals surface area contributed by atoms with Crippen LogP contribution in [0.2, 0.25) is 0 Å². The van der Waals surface area contributed by atoms with E-state index in [1.54, 1.807) is 6.20 Å². The number of H-pyrrole nitrogens is 1. The predicted molar refractivity (Wildman–Crippen MR) is 86.7 cm³/mol. The third-order valence-corrected chi connectivity index (χ3v) is 4.21. The first-order valence-electron chi connectivity index (χ1n) is 6.44. The van der Waals surface area contributed by atoms with Gasteiger partial charge in [-0.25, -0.2) is 4.98 Å². The second kappa shape index (κ2) is 4.46. The first kappa shape index (κ1) is 11.7. The first-order chi connectivity index (χ1) is 9.83. The standard InChI is InChI=1S/C17H11BrN2/c18-17-12(5-3-9-19-17)11-7-8-14-13-4-1-2-6-15(13)20-16(14)10-11/h1-10,20H. The van der Waals surface area contributed by atoms with Crippen molar-refractivity contribution < 1.29 is 0 Å². The van der Waals surface area contributed by atoms with Gasteiger partial charge < -0.3 is 4.98 Å². The summed E-state index contributed by atoms with van der Waals surface area (Å²) in [6.07, 6.45) is 1.79. The summed E-state index contributed by atoms with van der Waals surface area (Å²) >= 11 is 3.51. The van der Waals surface area contributed by atoms with E-state index in [1.807, 2.05) is 6.07 Å². The van der Waals surface area contributed by atoms with Gasteiger partial charge in [0.2, 0.25) is 0 Å². The zero-order valence-corrected chi connectivity index (χ0v) is 12.2.